The SMILES string of the molecule is CCc1ccc(NC(=O)c2ccc(-n3cnnn3)c(C)c2)cc1S(N)(=O)=O. The molecule has 27 heavy (non-hydrogen) atoms. The maximum Gasteiger partial charge on any atom is 0.255 e. The van der Waals surface area contributed by atoms with Crippen LogP contribution in [-0.2, 0) is 16.4 Å². The highest BCUT2D eigenvalue weighted by atomic mass is 32.2. The van der Waals surface area contributed by atoms with Gasteiger partial charge in [0, 0.05) is 11.3 Å². The monoisotopic (exact) mass is 386 g/mol. The molecule has 0 bridgehead atoms. The molecule has 1 aromatic heterocycles. The van der Waals surface area contributed by atoms with Crippen molar-refractivity contribution >= 4 is 21.6 Å². The van der Waals surface area contributed by atoms with Gasteiger partial charge in [-0.1, -0.05) is 13.0 Å². The molecule has 2 aromatic carbocycles. The highest BCUT2D eigenvalue weighted by Gasteiger charge is 2.15. The number of rotatable bonds is 5. The van der Waals surface area contributed by atoms with Gasteiger partial charge in [-0.15, -0.1) is 5.10 Å². The van der Waals surface area contributed by atoms with Crippen LogP contribution in [0.5, 0.6) is 0 Å². The third kappa shape index (κ3) is 4.01. The lowest BCUT2D eigenvalue weighted by Crippen LogP contribution is -2.17. The molecule has 1 heterocycles. The van der Waals surface area contributed by atoms with Gasteiger partial charge in [0.1, 0.15) is 6.33 Å². The number of aryl methyl sites for hydroxylation is 2. The van der Waals surface area contributed by atoms with Crippen molar-refractivity contribution in [2.75, 3.05) is 5.32 Å². The van der Waals surface area contributed by atoms with Gasteiger partial charge in [0.15, 0.2) is 0 Å². The quantitative estimate of drug-likeness (QED) is 0.681. The summed E-state index contributed by atoms with van der Waals surface area (Å²) < 4.78 is 25.0. The fourth-order valence-corrected chi connectivity index (χ4v) is 3.59. The third-order valence-electron chi connectivity index (χ3n) is 4.07. The molecule has 0 fully saturated rings. The second kappa shape index (κ2) is 7.25. The van der Waals surface area contributed by atoms with Crippen LogP contribution in [0.4, 0.5) is 5.69 Å². The molecule has 0 radical (unpaired) electrons. The number of primary sulfonamides is 1. The maximum atomic E-state index is 12.5. The Bertz CT molecular complexity index is 1090. The van der Waals surface area contributed by atoms with Crippen molar-refractivity contribution < 1.29 is 13.2 Å². The van der Waals surface area contributed by atoms with E-state index in [1.165, 1.54) is 17.1 Å². The highest BCUT2D eigenvalue weighted by molar-refractivity contribution is 7.89. The number of sulfonamides is 1. The second-order valence-electron chi connectivity index (χ2n) is 5.93. The van der Waals surface area contributed by atoms with E-state index in [0.717, 1.165) is 11.3 Å². The topological polar surface area (TPSA) is 133 Å². The standard InChI is InChI=1S/C17H18N6O3S/c1-3-12-4-6-14(9-16(12)27(18,25)26)20-17(24)13-5-7-15(11(2)8-13)23-10-19-21-22-23/h4-10H,3H2,1-2H3,(H,20,24)(H2,18,25,26). The number of hydrogen-bond donors (Lipinski definition) is 2. The molecule has 0 aliphatic heterocycles. The lowest BCUT2D eigenvalue weighted by atomic mass is 10.1. The Hall–Kier alpha value is -3.11. The first-order valence-electron chi connectivity index (χ1n) is 8.10. The van der Waals surface area contributed by atoms with E-state index < -0.39 is 10.0 Å². The number of anilines is 1. The first-order valence-corrected chi connectivity index (χ1v) is 9.65. The number of aromatic nitrogens is 4. The molecule has 140 valence electrons. The minimum Gasteiger partial charge on any atom is -0.322 e. The summed E-state index contributed by atoms with van der Waals surface area (Å²) in [6.07, 6.45) is 1.98. The average Bonchev–Trinajstić information content (AvgIpc) is 3.15. The van der Waals surface area contributed by atoms with Crippen LogP contribution in [0.2, 0.25) is 0 Å². The van der Waals surface area contributed by atoms with Crippen molar-refractivity contribution in [2.24, 2.45) is 5.14 Å². The van der Waals surface area contributed by atoms with Crippen molar-refractivity contribution in [3.63, 3.8) is 0 Å². The fraction of sp³-hybridized carbons (Fsp3) is 0.176. The zero-order valence-electron chi connectivity index (χ0n) is 14.7. The minimum atomic E-state index is -3.88. The van der Waals surface area contributed by atoms with Gasteiger partial charge < -0.3 is 5.32 Å². The molecular weight excluding hydrogens is 368 g/mol. The van der Waals surface area contributed by atoms with Gasteiger partial charge in [-0.25, -0.2) is 18.2 Å². The number of carbonyl (C=O) groups is 1. The Balaban J connectivity index is 1.87. The number of nitrogens with zero attached hydrogens (tertiary/aromatic N) is 4. The normalized spacial score (nSPS) is 11.4. The average molecular weight is 386 g/mol. The van der Waals surface area contributed by atoms with Gasteiger partial charge in [0.05, 0.1) is 10.6 Å². The molecule has 0 saturated carbocycles. The molecular formula is C17H18N6O3S. The van der Waals surface area contributed by atoms with Crippen LogP contribution < -0.4 is 10.5 Å². The number of hydrogen-bond acceptors (Lipinski definition) is 6. The Morgan fingerprint density at radius 3 is 2.59 bits per heavy atom. The third-order valence-corrected chi connectivity index (χ3v) is 5.06. The van der Waals surface area contributed by atoms with Crippen LogP contribution in [0.1, 0.15) is 28.4 Å². The van der Waals surface area contributed by atoms with Crippen LogP contribution >= 0.6 is 0 Å². The van der Waals surface area contributed by atoms with Crippen LogP contribution in [0.25, 0.3) is 5.69 Å². The van der Waals surface area contributed by atoms with E-state index in [9.17, 15) is 13.2 Å². The van der Waals surface area contributed by atoms with Crippen LogP contribution in [0, 0.1) is 6.92 Å². The Labute approximate surface area is 156 Å². The molecule has 0 atom stereocenters. The Kier molecular flexibility index (Phi) is 5.02. The second-order valence-corrected chi connectivity index (χ2v) is 7.46. The molecule has 3 N–H and O–H groups in total. The molecule has 3 aromatic rings. The van der Waals surface area contributed by atoms with Gasteiger partial charge in [0.2, 0.25) is 10.0 Å². The number of carbonyl (C=O) groups excluding carboxylic acids is 1. The summed E-state index contributed by atoms with van der Waals surface area (Å²) in [6.45, 7) is 3.67. The van der Waals surface area contributed by atoms with Gasteiger partial charge >= 0.3 is 0 Å². The van der Waals surface area contributed by atoms with E-state index in [4.69, 9.17) is 5.14 Å². The number of nitrogens with one attached hydrogen (secondary N) is 1. The molecule has 0 spiro atoms. The summed E-state index contributed by atoms with van der Waals surface area (Å²) >= 11 is 0. The molecule has 1 amide bonds. The summed E-state index contributed by atoms with van der Waals surface area (Å²) in [6, 6.07) is 9.73. The summed E-state index contributed by atoms with van der Waals surface area (Å²) in [5.41, 5.74) is 2.92. The number of amides is 1. The summed E-state index contributed by atoms with van der Waals surface area (Å²) in [5.74, 6) is -0.369. The van der Waals surface area contributed by atoms with E-state index in [1.807, 2.05) is 13.8 Å². The van der Waals surface area contributed by atoms with Gasteiger partial charge in [-0.2, -0.15) is 0 Å². The number of tetrazole rings is 1. The predicted molar refractivity (Wildman–Crippen MR) is 99.0 cm³/mol. The predicted octanol–water partition coefficient (Wildman–Crippen LogP) is 1.43. The molecule has 9 nitrogen and oxygen atoms in total. The summed E-state index contributed by atoms with van der Waals surface area (Å²) in [5, 5.41) is 19.0. The van der Waals surface area contributed by atoms with Crippen LogP contribution in [0.3, 0.4) is 0 Å². The molecule has 0 aliphatic carbocycles. The van der Waals surface area contributed by atoms with Crippen molar-refractivity contribution in [1.29, 1.82) is 0 Å². The lowest BCUT2D eigenvalue weighted by Gasteiger charge is -2.11. The van der Waals surface area contributed by atoms with Crippen LogP contribution in [0.15, 0.2) is 47.6 Å². The molecule has 0 aliphatic rings. The Morgan fingerprint density at radius 2 is 2.00 bits per heavy atom. The zero-order chi connectivity index (χ0) is 19.6. The van der Waals surface area contributed by atoms with Gasteiger partial charge in [-0.3, -0.25) is 4.79 Å². The first-order chi connectivity index (χ1) is 12.8. The van der Waals surface area contributed by atoms with E-state index in [0.29, 0.717) is 23.2 Å². The molecule has 0 saturated heterocycles. The van der Waals surface area contributed by atoms with Gasteiger partial charge in [-0.05, 0) is 65.2 Å². The first kappa shape index (κ1) is 18.7. The molecule has 10 heteroatoms. The summed E-state index contributed by atoms with van der Waals surface area (Å²) in [4.78, 5) is 12.5. The van der Waals surface area contributed by atoms with E-state index in [2.05, 4.69) is 20.8 Å². The number of benzene rings is 2. The molecule has 0 unspecified atom stereocenters. The zero-order valence-corrected chi connectivity index (χ0v) is 15.6. The van der Waals surface area contributed by atoms with E-state index in [1.54, 1.807) is 30.3 Å². The maximum absolute atomic E-state index is 12.5. The molecule has 3 rings (SSSR count). The highest BCUT2D eigenvalue weighted by Crippen LogP contribution is 2.21. The van der Waals surface area contributed by atoms with Crippen molar-refractivity contribution in [1.82, 2.24) is 20.2 Å². The van der Waals surface area contributed by atoms with Crippen molar-refractivity contribution in [3.8, 4) is 5.69 Å². The number of nitrogens with two attached hydrogens (primary N) is 1. The smallest absolute Gasteiger partial charge is 0.255 e. The van der Waals surface area contributed by atoms with Crippen molar-refractivity contribution in [2.45, 2.75) is 25.2 Å². The van der Waals surface area contributed by atoms with E-state index >= 15 is 0 Å². The van der Waals surface area contributed by atoms with Crippen molar-refractivity contribution in [3.05, 3.63) is 59.4 Å². The summed E-state index contributed by atoms with van der Waals surface area (Å²) in [7, 11) is -3.88. The van der Waals surface area contributed by atoms with Gasteiger partial charge in [0.25, 0.3) is 5.91 Å². The van der Waals surface area contributed by atoms with Crippen LogP contribution in [-0.4, -0.2) is 34.5 Å². The Morgan fingerprint density at radius 1 is 1.22 bits per heavy atom. The van der Waals surface area contributed by atoms with E-state index in [-0.39, 0.29) is 10.8 Å². The fourth-order valence-electron chi connectivity index (χ4n) is 2.72. The largest absolute Gasteiger partial charge is 0.322 e. The lowest BCUT2D eigenvalue weighted by molar-refractivity contribution is 0.102. The minimum absolute atomic E-state index is 0.00742.